The summed E-state index contributed by atoms with van der Waals surface area (Å²) in [6.45, 7) is 6.97. The number of piperidine rings is 1. The van der Waals surface area contributed by atoms with Crippen molar-refractivity contribution in [3.05, 3.63) is 0 Å². The number of alkyl halides is 1. The predicted octanol–water partition coefficient (Wildman–Crippen LogP) is 2.29. The summed E-state index contributed by atoms with van der Waals surface area (Å²) < 4.78 is 23.6. The van der Waals surface area contributed by atoms with Crippen molar-refractivity contribution in [2.75, 3.05) is 13.2 Å². The molecule has 5 nitrogen and oxygen atoms in total. The molecule has 19 heavy (non-hydrogen) atoms. The largest absolute Gasteiger partial charge is 0.464 e. The van der Waals surface area contributed by atoms with Gasteiger partial charge in [-0.05, 0) is 40.5 Å². The molecule has 1 amide bonds. The Hall–Kier alpha value is -1.33. The van der Waals surface area contributed by atoms with Gasteiger partial charge in [-0.2, -0.15) is 0 Å². The maximum atomic E-state index is 13.4. The van der Waals surface area contributed by atoms with Gasteiger partial charge in [-0.3, -0.25) is 4.90 Å². The normalized spacial score (nSPS) is 23.9. The van der Waals surface area contributed by atoms with Gasteiger partial charge in [0.25, 0.3) is 0 Å². The van der Waals surface area contributed by atoms with Crippen LogP contribution in [0.1, 0.15) is 40.5 Å². The number of nitrogens with zero attached hydrogens (tertiary/aromatic N) is 1. The van der Waals surface area contributed by atoms with E-state index >= 15 is 0 Å². The van der Waals surface area contributed by atoms with E-state index in [0.717, 1.165) is 4.90 Å². The second-order valence-corrected chi connectivity index (χ2v) is 5.58. The molecule has 6 heteroatoms. The van der Waals surface area contributed by atoms with E-state index in [1.807, 2.05) is 0 Å². The number of amides is 1. The smallest absolute Gasteiger partial charge is 0.411 e. The molecule has 110 valence electrons. The van der Waals surface area contributed by atoms with Gasteiger partial charge in [0.1, 0.15) is 17.8 Å². The lowest BCUT2D eigenvalue weighted by molar-refractivity contribution is -0.151. The molecule has 0 aromatic rings. The zero-order valence-corrected chi connectivity index (χ0v) is 11.9. The van der Waals surface area contributed by atoms with Gasteiger partial charge in [0.15, 0.2) is 0 Å². The molecular formula is C13H22FNO4. The van der Waals surface area contributed by atoms with Crippen LogP contribution in [-0.2, 0) is 14.3 Å². The highest BCUT2D eigenvalue weighted by molar-refractivity contribution is 5.81. The SMILES string of the molecule is CCOC(=O)C1CCC(F)CN1C(=O)OC(C)(C)C. The number of hydrogen-bond acceptors (Lipinski definition) is 4. The van der Waals surface area contributed by atoms with Crippen LogP contribution in [0.5, 0.6) is 0 Å². The van der Waals surface area contributed by atoms with E-state index in [4.69, 9.17) is 9.47 Å². The van der Waals surface area contributed by atoms with Crippen molar-refractivity contribution in [2.24, 2.45) is 0 Å². The van der Waals surface area contributed by atoms with Gasteiger partial charge >= 0.3 is 12.1 Å². The second kappa shape index (κ2) is 6.21. The predicted molar refractivity (Wildman–Crippen MR) is 67.5 cm³/mol. The topological polar surface area (TPSA) is 55.8 Å². The van der Waals surface area contributed by atoms with Crippen LogP contribution in [0.4, 0.5) is 9.18 Å². The molecule has 0 saturated carbocycles. The Morgan fingerprint density at radius 2 is 1.95 bits per heavy atom. The Balaban J connectivity index is 2.78. The molecule has 1 aliphatic rings. The number of ether oxygens (including phenoxy) is 2. The van der Waals surface area contributed by atoms with Crippen molar-refractivity contribution in [3.63, 3.8) is 0 Å². The summed E-state index contributed by atoms with van der Waals surface area (Å²) in [6.07, 6.45) is -1.28. The van der Waals surface area contributed by atoms with Crippen LogP contribution in [0.15, 0.2) is 0 Å². The van der Waals surface area contributed by atoms with Gasteiger partial charge in [0, 0.05) is 0 Å². The fraction of sp³-hybridized carbons (Fsp3) is 0.846. The van der Waals surface area contributed by atoms with Crippen molar-refractivity contribution in [3.8, 4) is 0 Å². The summed E-state index contributed by atoms with van der Waals surface area (Å²) >= 11 is 0. The van der Waals surface area contributed by atoms with Crippen LogP contribution >= 0.6 is 0 Å². The molecule has 0 aliphatic carbocycles. The van der Waals surface area contributed by atoms with E-state index in [0.29, 0.717) is 0 Å². The van der Waals surface area contributed by atoms with E-state index in [1.165, 1.54) is 0 Å². The molecule has 0 aromatic heterocycles. The van der Waals surface area contributed by atoms with Crippen LogP contribution in [0, 0.1) is 0 Å². The summed E-state index contributed by atoms with van der Waals surface area (Å²) in [4.78, 5) is 24.9. The fourth-order valence-electron chi connectivity index (χ4n) is 1.93. The number of likely N-dealkylation sites (tertiary alicyclic amines) is 1. The zero-order valence-electron chi connectivity index (χ0n) is 11.9. The van der Waals surface area contributed by atoms with Crippen molar-refractivity contribution in [2.45, 2.75) is 58.4 Å². The standard InChI is InChI=1S/C13H22FNO4/c1-5-18-11(16)10-7-6-9(14)8-15(10)12(17)19-13(2,3)4/h9-10H,5-8H2,1-4H3. The van der Waals surface area contributed by atoms with Crippen LogP contribution in [-0.4, -0.2) is 47.9 Å². The van der Waals surface area contributed by atoms with E-state index in [-0.39, 0.29) is 26.0 Å². The van der Waals surface area contributed by atoms with Crippen molar-refractivity contribution in [1.82, 2.24) is 4.90 Å². The van der Waals surface area contributed by atoms with Crippen molar-refractivity contribution in [1.29, 1.82) is 0 Å². The maximum Gasteiger partial charge on any atom is 0.411 e. The lowest BCUT2D eigenvalue weighted by Crippen LogP contribution is -2.53. The molecular weight excluding hydrogens is 253 g/mol. The van der Waals surface area contributed by atoms with Crippen LogP contribution in [0.2, 0.25) is 0 Å². The quantitative estimate of drug-likeness (QED) is 0.725. The summed E-state index contributed by atoms with van der Waals surface area (Å²) in [7, 11) is 0. The molecule has 0 bridgehead atoms. The van der Waals surface area contributed by atoms with Crippen LogP contribution in [0.3, 0.4) is 0 Å². The molecule has 1 saturated heterocycles. The third-order valence-electron chi connectivity index (χ3n) is 2.71. The maximum absolute atomic E-state index is 13.4. The number of esters is 1. The minimum Gasteiger partial charge on any atom is -0.464 e. The number of rotatable bonds is 2. The van der Waals surface area contributed by atoms with Gasteiger partial charge in [-0.15, -0.1) is 0 Å². The Bertz CT molecular complexity index is 340. The fourth-order valence-corrected chi connectivity index (χ4v) is 1.93. The first-order valence-corrected chi connectivity index (χ1v) is 6.55. The lowest BCUT2D eigenvalue weighted by Gasteiger charge is -2.36. The monoisotopic (exact) mass is 275 g/mol. The summed E-state index contributed by atoms with van der Waals surface area (Å²) in [5.74, 6) is -0.500. The minimum atomic E-state index is -1.13. The van der Waals surface area contributed by atoms with Gasteiger partial charge in [-0.1, -0.05) is 0 Å². The number of halogens is 1. The Morgan fingerprint density at radius 3 is 2.47 bits per heavy atom. The Labute approximate surface area is 113 Å². The minimum absolute atomic E-state index is 0.127. The van der Waals surface area contributed by atoms with Crippen molar-refractivity contribution >= 4 is 12.1 Å². The third kappa shape index (κ3) is 4.69. The molecule has 1 rings (SSSR count). The number of hydrogen-bond donors (Lipinski definition) is 0. The molecule has 1 heterocycles. The number of carbonyl (C=O) groups excluding carboxylic acids is 2. The molecule has 0 spiro atoms. The average molecular weight is 275 g/mol. The zero-order chi connectivity index (χ0) is 14.6. The van der Waals surface area contributed by atoms with Crippen LogP contribution < -0.4 is 0 Å². The highest BCUT2D eigenvalue weighted by Gasteiger charge is 2.39. The first-order chi connectivity index (χ1) is 8.74. The molecule has 0 N–H and O–H groups in total. The van der Waals surface area contributed by atoms with Gasteiger partial charge in [-0.25, -0.2) is 14.0 Å². The Morgan fingerprint density at radius 1 is 1.32 bits per heavy atom. The lowest BCUT2D eigenvalue weighted by atomic mass is 10.0. The average Bonchev–Trinajstić information content (AvgIpc) is 2.26. The molecule has 2 unspecified atom stereocenters. The molecule has 2 atom stereocenters. The number of carbonyl (C=O) groups is 2. The third-order valence-corrected chi connectivity index (χ3v) is 2.71. The highest BCUT2D eigenvalue weighted by Crippen LogP contribution is 2.23. The summed E-state index contributed by atoms with van der Waals surface area (Å²) in [5, 5.41) is 0. The van der Waals surface area contributed by atoms with Gasteiger partial charge in [0.2, 0.25) is 0 Å². The molecule has 1 aliphatic heterocycles. The van der Waals surface area contributed by atoms with E-state index in [2.05, 4.69) is 0 Å². The van der Waals surface area contributed by atoms with Gasteiger partial charge in [0.05, 0.1) is 13.2 Å². The molecule has 0 radical (unpaired) electrons. The highest BCUT2D eigenvalue weighted by atomic mass is 19.1. The Kier molecular flexibility index (Phi) is 5.14. The van der Waals surface area contributed by atoms with E-state index < -0.39 is 29.9 Å². The summed E-state index contributed by atoms with van der Waals surface area (Å²) in [5.41, 5.74) is -0.681. The molecule has 0 aromatic carbocycles. The summed E-state index contributed by atoms with van der Waals surface area (Å²) in [6, 6.07) is -0.748. The van der Waals surface area contributed by atoms with Crippen molar-refractivity contribution < 1.29 is 23.5 Å². The second-order valence-electron chi connectivity index (χ2n) is 5.58. The van der Waals surface area contributed by atoms with Gasteiger partial charge < -0.3 is 9.47 Å². The van der Waals surface area contributed by atoms with E-state index in [9.17, 15) is 14.0 Å². The van der Waals surface area contributed by atoms with Crippen LogP contribution in [0.25, 0.3) is 0 Å². The first-order valence-electron chi connectivity index (χ1n) is 6.55. The first kappa shape index (κ1) is 15.7. The molecule has 1 fully saturated rings. The van der Waals surface area contributed by atoms with E-state index in [1.54, 1.807) is 27.7 Å².